The molecule has 0 saturated carbocycles. The second-order valence-corrected chi connectivity index (χ2v) is 8.32. The van der Waals surface area contributed by atoms with Gasteiger partial charge >= 0.3 is 0 Å². The molecule has 0 aromatic heterocycles. The maximum Gasteiger partial charge on any atom is 0.262 e. The van der Waals surface area contributed by atoms with E-state index in [1.54, 1.807) is 24.3 Å². The quantitative estimate of drug-likeness (QED) is 0.221. The Morgan fingerprint density at radius 3 is 2.47 bits per heavy atom. The highest BCUT2D eigenvalue weighted by Gasteiger charge is 2.14. The van der Waals surface area contributed by atoms with Crippen LogP contribution in [-0.2, 0) is 4.79 Å². The molecule has 0 fully saturated rings. The maximum absolute atomic E-state index is 12.3. The predicted molar refractivity (Wildman–Crippen MR) is 139 cm³/mol. The fourth-order valence-corrected chi connectivity index (χ4v) is 4.10. The summed E-state index contributed by atoms with van der Waals surface area (Å²) < 4.78 is 11.9. The molecule has 34 heavy (non-hydrogen) atoms. The van der Waals surface area contributed by atoms with Gasteiger partial charge in [-0.1, -0.05) is 54.6 Å². The first-order valence-electron chi connectivity index (χ1n) is 10.5. The largest absolute Gasteiger partial charge is 0.493 e. The monoisotopic (exact) mass is 512 g/mol. The summed E-state index contributed by atoms with van der Waals surface area (Å²) >= 11 is 3.51. The Labute approximate surface area is 206 Å². The average Bonchev–Trinajstić information content (AvgIpc) is 2.86. The van der Waals surface area contributed by atoms with Crippen molar-refractivity contribution in [1.29, 1.82) is 5.26 Å². The summed E-state index contributed by atoms with van der Waals surface area (Å²) in [6.45, 7) is -0.181. The molecule has 6 heteroatoms. The zero-order valence-corrected chi connectivity index (χ0v) is 20.0. The number of para-hydroxylation sites is 1. The molecular weight excluding hydrogens is 492 g/mol. The lowest BCUT2D eigenvalue weighted by Gasteiger charge is -2.14. The van der Waals surface area contributed by atoms with E-state index in [0.29, 0.717) is 27.2 Å². The van der Waals surface area contributed by atoms with E-state index in [0.717, 1.165) is 21.9 Å². The summed E-state index contributed by atoms with van der Waals surface area (Å²) in [5.41, 5.74) is 2.81. The summed E-state index contributed by atoms with van der Waals surface area (Å²) in [5.74, 6) is 0.572. The molecule has 0 saturated heterocycles. The van der Waals surface area contributed by atoms with Crippen LogP contribution in [0.4, 0.5) is 5.69 Å². The van der Waals surface area contributed by atoms with Gasteiger partial charge in [-0.15, -0.1) is 0 Å². The molecule has 0 atom stereocenters. The van der Waals surface area contributed by atoms with Gasteiger partial charge in [-0.2, -0.15) is 5.26 Å². The predicted octanol–water partition coefficient (Wildman–Crippen LogP) is 6.69. The van der Waals surface area contributed by atoms with Gasteiger partial charge < -0.3 is 14.8 Å². The molecule has 4 aromatic rings. The van der Waals surface area contributed by atoms with Crippen LogP contribution in [0.1, 0.15) is 11.1 Å². The molecule has 1 N–H and O–H groups in total. The van der Waals surface area contributed by atoms with Gasteiger partial charge in [-0.3, -0.25) is 4.79 Å². The first-order valence-corrected chi connectivity index (χ1v) is 11.3. The smallest absolute Gasteiger partial charge is 0.262 e. The van der Waals surface area contributed by atoms with E-state index in [9.17, 15) is 10.1 Å². The van der Waals surface area contributed by atoms with Gasteiger partial charge in [-0.25, -0.2) is 0 Å². The van der Waals surface area contributed by atoms with Crippen LogP contribution in [-0.4, -0.2) is 19.6 Å². The molecule has 1 amide bonds. The third-order valence-corrected chi connectivity index (χ3v) is 5.74. The van der Waals surface area contributed by atoms with E-state index >= 15 is 0 Å². The van der Waals surface area contributed by atoms with Crippen molar-refractivity contribution in [3.8, 4) is 17.6 Å². The normalized spacial score (nSPS) is 11.0. The number of halogens is 1. The fraction of sp³-hybridized carbons (Fsp3) is 0.0714. The molecule has 4 aromatic carbocycles. The highest BCUT2D eigenvalue weighted by molar-refractivity contribution is 9.10. The van der Waals surface area contributed by atoms with Gasteiger partial charge in [0.15, 0.2) is 18.1 Å². The van der Waals surface area contributed by atoms with Crippen LogP contribution in [0, 0.1) is 11.3 Å². The Morgan fingerprint density at radius 1 is 1.00 bits per heavy atom. The van der Waals surface area contributed by atoms with Crippen LogP contribution in [0.25, 0.3) is 22.4 Å². The van der Waals surface area contributed by atoms with Gasteiger partial charge in [0.2, 0.25) is 0 Å². The van der Waals surface area contributed by atoms with E-state index in [1.807, 2.05) is 66.7 Å². The van der Waals surface area contributed by atoms with Crippen molar-refractivity contribution in [2.24, 2.45) is 0 Å². The summed E-state index contributed by atoms with van der Waals surface area (Å²) in [5, 5.41) is 14.8. The van der Waals surface area contributed by atoms with Crippen LogP contribution >= 0.6 is 15.9 Å². The number of hydrogen-bond donors (Lipinski definition) is 1. The number of benzene rings is 4. The van der Waals surface area contributed by atoms with E-state index < -0.39 is 0 Å². The lowest BCUT2D eigenvalue weighted by molar-refractivity contribution is -0.118. The second kappa shape index (κ2) is 10.7. The number of anilines is 1. The number of hydrogen-bond acceptors (Lipinski definition) is 4. The Morgan fingerprint density at radius 2 is 1.74 bits per heavy atom. The summed E-state index contributed by atoms with van der Waals surface area (Å²) in [4.78, 5) is 12.3. The van der Waals surface area contributed by atoms with Gasteiger partial charge in [-0.05, 0) is 74.2 Å². The van der Waals surface area contributed by atoms with E-state index in [1.165, 1.54) is 7.11 Å². The number of nitriles is 1. The minimum absolute atomic E-state index is 0.181. The van der Waals surface area contributed by atoms with Gasteiger partial charge in [0.1, 0.15) is 0 Å². The minimum Gasteiger partial charge on any atom is -0.493 e. The fourth-order valence-electron chi connectivity index (χ4n) is 3.52. The Hall–Kier alpha value is -4.08. The van der Waals surface area contributed by atoms with E-state index in [2.05, 4.69) is 27.3 Å². The second-order valence-electron chi connectivity index (χ2n) is 7.47. The third kappa shape index (κ3) is 5.45. The number of nitrogens with zero attached hydrogens (tertiary/aromatic N) is 1. The Kier molecular flexibility index (Phi) is 7.26. The van der Waals surface area contributed by atoms with E-state index in [-0.39, 0.29) is 12.5 Å². The molecule has 5 nitrogen and oxygen atoms in total. The molecule has 0 aliphatic rings. The lowest BCUT2D eigenvalue weighted by Crippen LogP contribution is -2.20. The standard InChI is InChI=1S/C28H21BrN2O3/c1-33-26-15-19(13-23(17-30)22-12-11-20-7-5-6-8-21(20)16-22)14-25(29)28(26)34-18-27(32)31-24-9-3-2-4-10-24/h2-16H,18H2,1H3,(H,31,32)/b23-13-. The van der Waals surface area contributed by atoms with Gasteiger partial charge in [0.25, 0.3) is 5.91 Å². The van der Waals surface area contributed by atoms with Crippen molar-refractivity contribution in [1.82, 2.24) is 0 Å². The number of carbonyl (C=O) groups excluding carboxylic acids is 1. The number of fused-ring (bicyclic) bond motifs is 1. The molecule has 0 aliphatic carbocycles. The molecule has 0 heterocycles. The van der Waals surface area contributed by atoms with E-state index in [4.69, 9.17) is 9.47 Å². The van der Waals surface area contributed by atoms with Crippen molar-refractivity contribution in [2.75, 3.05) is 19.0 Å². The van der Waals surface area contributed by atoms with Crippen LogP contribution < -0.4 is 14.8 Å². The number of methoxy groups -OCH3 is 1. The molecule has 0 spiro atoms. The zero-order chi connectivity index (χ0) is 23.9. The third-order valence-electron chi connectivity index (χ3n) is 5.15. The molecular formula is C28H21BrN2O3. The molecule has 4 rings (SSSR count). The van der Waals surface area contributed by atoms with Crippen LogP contribution in [0.5, 0.6) is 11.5 Å². The number of ether oxygens (including phenoxy) is 2. The Balaban J connectivity index is 1.55. The number of carbonyl (C=O) groups is 1. The summed E-state index contributed by atoms with van der Waals surface area (Å²) in [7, 11) is 1.53. The highest BCUT2D eigenvalue weighted by atomic mass is 79.9. The molecule has 0 radical (unpaired) electrons. The van der Waals surface area contributed by atoms with Crippen molar-refractivity contribution in [3.63, 3.8) is 0 Å². The number of rotatable bonds is 7. The van der Waals surface area contributed by atoms with Gasteiger partial charge in [0, 0.05) is 5.69 Å². The number of amides is 1. The lowest BCUT2D eigenvalue weighted by atomic mass is 10.00. The van der Waals surface area contributed by atoms with Crippen molar-refractivity contribution < 1.29 is 14.3 Å². The van der Waals surface area contributed by atoms with Crippen molar-refractivity contribution in [2.45, 2.75) is 0 Å². The topological polar surface area (TPSA) is 71.3 Å². The highest BCUT2D eigenvalue weighted by Crippen LogP contribution is 2.37. The molecule has 0 bridgehead atoms. The first-order chi connectivity index (χ1) is 16.6. The minimum atomic E-state index is -0.285. The number of nitrogens with one attached hydrogen (secondary N) is 1. The summed E-state index contributed by atoms with van der Waals surface area (Å²) in [6.07, 6.45) is 1.79. The SMILES string of the molecule is COc1cc(/C=C(/C#N)c2ccc3ccccc3c2)cc(Br)c1OCC(=O)Nc1ccccc1. The van der Waals surface area contributed by atoms with Crippen molar-refractivity contribution >= 4 is 49.9 Å². The van der Waals surface area contributed by atoms with Crippen LogP contribution in [0.3, 0.4) is 0 Å². The molecule has 0 aliphatic heterocycles. The average molecular weight is 513 g/mol. The maximum atomic E-state index is 12.3. The molecule has 0 unspecified atom stereocenters. The number of allylic oxidation sites excluding steroid dienone is 1. The Bertz CT molecular complexity index is 1410. The van der Waals surface area contributed by atoms with Crippen LogP contribution in [0.2, 0.25) is 0 Å². The van der Waals surface area contributed by atoms with Crippen LogP contribution in [0.15, 0.2) is 89.4 Å². The zero-order valence-electron chi connectivity index (χ0n) is 18.4. The summed E-state index contributed by atoms with van der Waals surface area (Å²) in [6, 6.07) is 29.0. The van der Waals surface area contributed by atoms with Gasteiger partial charge in [0.05, 0.1) is 23.2 Å². The van der Waals surface area contributed by atoms with Crippen molar-refractivity contribution in [3.05, 3.63) is 101 Å². The first kappa shape index (κ1) is 23.1. The molecule has 168 valence electrons.